The SMILES string of the molecule is Cc1nn(C)c(C)c1NC(=O)[C@H](C)N1CCC(NC(=O)c2cnn(C)c2)CC1. The topological polar surface area (TPSA) is 97.1 Å². The second-order valence-electron chi connectivity index (χ2n) is 7.52. The maximum absolute atomic E-state index is 12.7. The molecule has 1 aliphatic rings. The summed E-state index contributed by atoms with van der Waals surface area (Å²) in [4.78, 5) is 27.1. The van der Waals surface area contributed by atoms with Crippen LogP contribution < -0.4 is 10.6 Å². The first-order valence-corrected chi connectivity index (χ1v) is 9.61. The smallest absolute Gasteiger partial charge is 0.254 e. The molecule has 9 heteroatoms. The van der Waals surface area contributed by atoms with Crippen LogP contribution in [0.3, 0.4) is 0 Å². The molecule has 2 aromatic rings. The van der Waals surface area contributed by atoms with Crippen LogP contribution in [0.5, 0.6) is 0 Å². The molecule has 0 radical (unpaired) electrons. The van der Waals surface area contributed by atoms with Gasteiger partial charge in [-0.15, -0.1) is 0 Å². The van der Waals surface area contributed by atoms with Crippen LogP contribution in [0.1, 0.15) is 41.5 Å². The maximum atomic E-state index is 12.7. The Balaban J connectivity index is 1.51. The van der Waals surface area contributed by atoms with Gasteiger partial charge in [0.25, 0.3) is 5.91 Å². The van der Waals surface area contributed by atoms with Crippen molar-refractivity contribution in [2.45, 2.75) is 45.7 Å². The van der Waals surface area contributed by atoms with Crippen molar-refractivity contribution >= 4 is 17.5 Å². The molecule has 0 unspecified atom stereocenters. The van der Waals surface area contributed by atoms with Crippen LogP contribution in [0.15, 0.2) is 12.4 Å². The molecule has 3 heterocycles. The Kier molecular flexibility index (Phi) is 5.83. The number of aryl methyl sites for hydroxylation is 3. The van der Waals surface area contributed by atoms with Gasteiger partial charge in [0.2, 0.25) is 5.91 Å². The average molecular weight is 387 g/mol. The summed E-state index contributed by atoms with van der Waals surface area (Å²) < 4.78 is 3.38. The van der Waals surface area contributed by atoms with Crippen LogP contribution >= 0.6 is 0 Å². The molecular weight excluding hydrogens is 358 g/mol. The minimum atomic E-state index is -0.242. The van der Waals surface area contributed by atoms with E-state index in [9.17, 15) is 9.59 Å². The van der Waals surface area contributed by atoms with E-state index in [2.05, 4.69) is 25.7 Å². The lowest BCUT2D eigenvalue weighted by molar-refractivity contribution is -0.121. The van der Waals surface area contributed by atoms with Gasteiger partial charge in [-0.05, 0) is 33.6 Å². The van der Waals surface area contributed by atoms with Crippen LogP contribution in [0.4, 0.5) is 5.69 Å². The highest BCUT2D eigenvalue weighted by atomic mass is 16.2. The second-order valence-corrected chi connectivity index (χ2v) is 7.52. The fraction of sp³-hybridized carbons (Fsp3) is 0.579. The molecule has 2 N–H and O–H groups in total. The predicted octanol–water partition coefficient (Wildman–Crippen LogP) is 0.992. The third-order valence-corrected chi connectivity index (χ3v) is 5.52. The van der Waals surface area contributed by atoms with Crippen LogP contribution in [-0.4, -0.2) is 61.4 Å². The van der Waals surface area contributed by atoms with E-state index in [1.165, 1.54) is 0 Å². The van der Waals surface area contributed by atoms with Crippen LogP contribution in [0, 0.1) is 13.8 Å². The summed E-state index contributed by atoms with van der Waals surface area (Å²) in [6.45, 7) is 7.28. The molecule has 0 bridgehead atoms. The number of hydrogen-bond donors (Lipinski definition) is 2. The van der Waals surface area contributed by atoms with Gasteiger partial charge in [-0.3, -0.25) is 23.9 Å². The minimum Gasteiger partial charge on any atom is -0.349 e. The number of hydrogen-bond acceptors (Lipinski definition) is 5. The first-order chi connectivity index (χ1) is 13.3. The fourth-order valence-electron chi connectivity index (χ4n) is 3.59. The van der Waals surface area contributed by atoms with Gasteiger partial charge in [0, 0.05) is 39.4 Å². The third kappa shape index (κ3) is 4.24. The summed E-state index contributed by atoms with van der Waals surface area (Å²) in [6, 6.07) is -0.129. The van der Waals surface area contributed by atoms with Gasteiger partial charge in [-0.25, -0.2) is 0 Å². The number of amides is 2. The molecule has 0 spiro atoms. The lowest BCUT2D eigenvalue weighted by Crippen LogP contribution is -2.50. The lowest BCUT2D eigenvalue weighted by Gasteiger charge is -2.35. The molecule has 152 valence electrons. The summed E-state index contributed by atoms with van der Waals surface area (Å²) in [5.74, 6) is -0.128. The van der Waals surface area contributed by atoms with Crippen LogP contribution in [-0.2, 0) is 18.9 Å². The number of anilines is 1. The standard InChI is InChI=1S/C19H29N7O2/c1-12-17(13(2)25(5)23-12)22-18(27)14(3)26-8-6-16(7-9-26)21-19(28)15-10-20-24(4)11-15/h10-11,14,16H,6-9H2,1-5H3,(H,21,28)(H,22,27)/t14-/m0/s1. The zero-order valence-corrected chi connectivity index (χ0v) is 17.2. The van der Waals surface area contributed by atoms with E-state index in [1.54, 1.807) is 28.8 Å². The van der Waals surface area contributed by atoms with E-state index >= 15 is 0 Å². The van der Waals surface area contributed by atoms with E-state index in [0.717, 1.165) is 43.0 Å². The number of likely N-dealkylation sites (tertiary alicyclic amines) is 1. The predicted molar refractivity (Wildman–Crippen MR) is 106 cm³/mol. The van der Waals surface area contributed by atoms with Gasteiger partial charge in [-0.2, -0.15) is 10.2 Å². The molecule has 0 saturated carbocycles. The molecule has 2 aromatic heterocycles. The van der Waals surface area contributed by atoms with Gasteiger partial charge in [-0.1, -0.05) is 0 Å². The van der Waals surface area contributed by atoms with Crippen molar-refractivity contribution in [1.29, 1.82) is 0 Å². The molecule has 2 amide bonds. The highest BCUT2D eigenvalue weighted by Crippen LogP contribution is 2.20. The van der Waals surface area contributed by atoms with Crippen molar-refractivity contribution in [3.8, 4) is 0 Å². The molecule has 1 atom stereocenters. The number of aromatic nitrogens is 4. The van der Waals surface area contributed by atoms with Gasteiger partial charge in [0.05, 0.1) is 34.9 Å². The van der Waals surface area contributed by atoms with Gasteiger partial charge in [0.15, 0.2) is 0 Å². The Bertz CT molecular complexity index is 862. The van der Waals surface area contributed by atoms with Gasteiger partial charge >= 0.3 is 0 Å². The Labute approximate surface area is 165 Å². The van der Waals surface area contributed by atoms with Crippen molar-refractivity contribution in [1.82, 2.24) is 29.8 Å². The third-order valence-electron chi connectivity index (χ3n) is 5.52. The first kappa shape index (κ1) is 20.1. The molecule has 0 aromatic carbocycles. The molecule has 1 saturated heterocycles. The molecule has 9 nitrogen and oxygen atoms in total. The Morgan fingerprint density at radius 1 is 1.21 bits per heavy atom. The number of nitrogens with one attached hydrogen (secondary N) is 2. The quantitative estimate of drug-likeness (QED) is 0.798. The number of carbonyl (C=O) groups is 2. The molecule has 0 aliphatic carbocycles. The monoisotopic (exact) mass is 387 g/mol. The van der Waals surface area contributed by atoms with Gasteiger partial charge in [0.1, 0.15) is 0 Å². The summed E-state index contributed by atoms with van der Waals surface area (Å²) >= 11 is 0. The summed E-state index contributed by atoms with van der Waals surface area (Å²) in [5.41, 5.74) is 3.12. The van der Waals surface area contributed by atoms with E-state index in [4.69, 9.17) is 0 Å². The van der Waals surface area contributed by atoms with Gasteiger partial charge < -0.3 is 10.6 Å². The van der Waals surface area contributed by atoms with Crippen molar-refractivity contribution in [3.05, 3.63) is 29.3 Å². The molecule has 28 heavy (non-hydrogen) atoms. The minimum absolute atomic E-state index is 0.0305. The van der Waals surface area contributed by atoms with Crippen molar-refractivity contribution < 1.29 is 9.59 Å². The first-order valence-electron chi connectivity index (χ1n) is 9.61. The number of rotatable bonds is 5. The summed E-state index contributed by atoms with van der Waals surface area (Å²) in [5, 5.41) is 14.5. The normalized spacial score (nSPS) is 16.8. The highest BCUT2D eigenvalue weighted by Gasteiger charge is 2.28. The molecule has 1 aliphatic heterocycles. The summed E-state index contributed by atoms with van der Waals surface area (Å²) in [7, 11) is 3.65. The zero-order chi connectivity index (χ0) is 20.4. The van der Waals surface area contributed by atoms with Crippen LogP contribution in [0.2, 0.25) is 0 Å². The second kappa shape index (κ2) is 8.14. The maximum Gasteiger partial charge on any atom is 0.254 e. The number of piperidine rings is 1. The van der Waals surface area contributed by atoms with Crippen molar-refractivity contribution in [2.75, 3.05) is 18.4 Å². The van der Waals surface area contributed by atoms with E-state index in [1.807, 2.05) is 27.8 Å². The summed E-state index contributed by atoms with van der Waals surface area (Å²) in [6.07, 6.45) is 4.90. The largest absolute Gasteiger partial charge is 0.349 e. The Morgan fingerprint density at radius 2 is 1.89 bits per heavy atom. The highest BCUT2D eigenvalue weighted by molar-refractivity contribution is 5.95. The molecular formula is C19H29N7O2. The Hall–Kier alpha value is -2.68. The van der Waals surface area contributed by atoms with Crippen molar-refractivity contribution in [3.63, 3.8) is 0 Å². The zero-order valence-electron chi connectivity index (χ0n) is 17.2. The van der Waals surface area contributed by atoms with Crippen LogP contribution in [0.25, 0.3) is 0 Å². The number of carbonyl (C=O) groups excluding carboxylic acids is 2. The van der Waals surface area contributed by atoms with Crippen molar-refractivity contribution in [2.24, 2.45) is 14.1 Å². The van der Waals surface area contributed by atoms with E-state index < -0.39 is 0 Å². The van der Waals surface area contributed by atoms with E-state index in [-0.39, 0.29) is 23.9 Å². The average Bonchev–Trinajstić information content (AvgIpc) is 3.20. The molecule has 1 fully saturated rings. The fourth-order valence-corrected chi connectivity index (χ4v) is 3.59. The molecule has 3 rings (SSSR count). The number of nitrogens with zero attached hydrogens (tertiary/aromatic N) is 5. The van der Waals surface area contributed by atoms with E-state index in [0.29, 0.717) is 5.56 Å². The Morgan fingerprint density at radius 3 is 2.43 bits per heavy atom. The lowest BCUT2D eigenvalue weighted by atomic mass is 10.0.